The molecule has 0 radical (unpaired) electrons. The summed E-state index contributed by atoms with van der Waals surface area (Å²) in [6, 6.07) is 11.4. The SMILES string of the molecule is CCOC(=O)c1cccc(NC(=O)CSc2nnc(-c3ccc(Cl)cc3Cl)o2)c1. The molecule has 0 saturated heterocycles. The predicted molar refractivity (Wildman–Crippen MR) is 112 cm³/mol. The Kier molecular flexibility index (Phi) is 7.13. The molecule has 0 saturated carbocycles. The Morgan fingerprint density at radius 3 is 2.76 bits per heavy atom. The highest BCUT2D eigenvalue weighted by Gasteiger charge is 2.14. The summed E-state index contributed by atoms with van der Waals surface area (Å²) in [5.74, 6) is -0.464. The van der Waals surface area contributed by atoms with Crippen LogP contribution in [0.5, 0.6) is 0 Å². The molecule has 0 unspecified atom stereocenters. The van der Waals surface area contributed by atoms with Crippen molar-refractivity contribution in [2.24, 2.45) is 0 Å². The Bertz CT molecular complexity index is 1040. The van der Waals surface area contributed by atoms with E-state index in [1.54, 1.807) is 49.4 Å². The van der Waals surface area contributed by atoms with E-state index >= 15 is 0 Å². The van der Waals surface area contributed by atoms with Crippen molar-refractivity contribution in [3.63, 3.8) is 0 Å². The number of rotatable bonds is 7. The first-order valence-corrected chi connectivity index (χ1v) is 10.2. The number of halogens is 2. The van der Waals surface area contributed by atoms with Gasteiger partial charge in [-0.05, 0) is 43.3 Å². The van der Waals surface area contributed by atoms with Crippen LogP contribution in [-0.2, 0) is 9.53 Å². The molecule has 0 aliphatic heterocycles. The van der Waals surface area contributed by atoms with Crippen molar-refractivity contribution < 1.29 is 18.7 Å². The summed E-state index contributed by atoms with van der Waals surface area (Å²) in [6.45, 7) is 2.00. The van der Waals surface area contributed by atoms with Crippen LogP contribution in [0.4, 0.5) is 5.69 Å². The van der Waals surface area contributed by atoms with Crippen LogP contribution in [0.25, 0.3) is 11.5 Å². The van der Waals surface area contributed by atoms with Crippen molar-refractivity contribution in [2.45, 2.75) is 12.1 Å². The summed E-state index contributed by atoms with van der Waals surface area (Å²) in [5, 5.41) is 11.7. The number of anilines is 1. The molecule has 2 aromatic carbocycles. The number of carbonyl (C=O) groups is 2. The molecule has 1 N–H and O–H groups in total. The minimum atomic E-state index is -0.447. The topological polar surface area (TPSA) is 94.3 Å². The third-order valence-corrected chi connectivity index (χ3v) is 4.92. The molecule has 10 heteroatoms. The number of nitrogens with one attached hydrogen (secondary N) is 1. The number of esters is 1. The normalized spacial score (nSPS) is 10.6. The van der Waals surface area contributed by atoms with Gasteiger partial charge in [-0.1, -0.05) is 41.0 Å². The van der Waals surface area contributed by atoms with Gasteiger partial charge in [0.1, 0.15) is 0 Å². The third-order valence-electron chi connectivity index (χ3n) is 3.55. The molecule has 29 heavy (non-hydrogen) atoms. The van der Waals surface area contributed by atoms with Gasteiger partial charge >= 0.3 is 5.97 Å². The summed E-state index contributed by atoms with van der Waals surface area (Å²) in [5.41, 5.74) is 1.40. The maximum absolute atomic E-state index is 12.2. The van der Waals surface area contributed by atoms with E-state index in [9.17, 15) is 9.59 Å². The Balaban J connectivity index is 1.58. The van der Waals surface area contributed by atoms with Crippen molar-refractivity contribution in [3.05, 3.63) is 58.1 Å². The van der Waals surface area contributed by atoms with Gasteiger partial charge in [-0.2, -0.15) is 0 Å². The summed E-state index contributed by atoms with van der Waals surface area (Å²) in [4.78, 5) is 24.0. The molecule has 0 aliphatic rings. The molecular weight excluding hydrogens is 437 g/mol. The van der Waals surface area contributed by atoms with E-state index in [2.05, 4.69) is 15.5 Å². The van der Waals surface area contributed by atoms with Crippen molar-refractivity contribution in [1.82, 2.24) is 10.2 Å². The first kappa shape index (κ1) is 21.2. The first-order valence-electron chi connectivity index (χ1n) is 8.45. The Morgan fingerprint density at radius 2 is 2.00 bits per heavy atom. The van der Waals surface area contributed by atoms with Crippen LogP contribution in [0.2, 0.25) is 10.0 Å². The van der Waals surface area contributed by atoms with Gasteiger partial charge in [0.15, 0.2) is 0 Å². The van der Waals surface area contributed by atoms with E-state index in [1.165, 1.54) is 0 Å². The molecule has 0 atom stereocenters. The second-order valence-corrected chi connectivity index (χ2v) is 7.41. The fourth-order valence-electron chi connectivity index (χ4n) is 2.30. The lowest BCUT2D eigenvalue weighted by Gasteiger charge is -2.06. The molecular formula is C19H15Cl2N3O4S. The van der Waals surface area contributed by atoms with Crippen molar-refractivity contribution in [2.75, 3.05) is 17.7 Å². The molecule has 0 bridgehead atoms. The summed E-state index contributed by atoms with van der Waals surface area (Å²) in [6.07, 6.45) is 0. The van der Waals surface area contributed by atoms with Gasteiger partial charge in [0.25, 0.3) is 5.22 Å². The molecule has 1 amide bonds. The van der Waals surface area contributed by atoms with E-state index in [0.717, 1.165) is 11.8 Å². The van der Waals surface area contributed by atoms with Crippen molar-refractivity contribution in [3.8, 4) is 11.5 Å². The number of aromatic nitrogens is 2. The maximum atomic E-state index is 12.2. The highest BCUT2D eigenvalue weighted by Crippen LogP contribution is 2.31. The molecule has 1 aromatic heterocycles. The number of thioether (sulfide) groups is 1. The van der Waals surface area contributed by atoms with Crippen molar-refractivity contribution >= 4 is 52.5 Å². The Hall–Kier alpha value is -2.55. The summed E-state index contributed by atoms with van der Waals surface area (Å²) >= 11 is 13.1. The molecule has 1 heterocycles. The van der Waals surface area contributed by atoms with Crippen LogP contribution in [0.15, 0.2) is 52.1 Å². The largest absolute Gasteiger partial charge is 0.462 e. The summed E-state index contributed by atoms with van der Waals surface area (Å²) < 4.78 is 10.5. The maximum Gasteiger partial charge on any atom is 0.338 e. The lowest BCUT2D eigenvalue weighted by Crippen LogP contribution is -2.14. The highest BCUT2D eigenvalue weighted by molar-refractivity contribution is 7.99. The smallest absolute Gasteiger partial charge is 0.338 e. The lowest BCUT2D eigenvalue weighted by molar-refractivity contribution is -0.113. The third kappa shape index (κ3) is 5.72. The zero-order chi connectivity index (χ0) is 20.8. The molecule has 0 aliphatic carbocycles. The molecule has 150 valence electrons. The van der Waals surface area contributed by atoms with Gasteiger partial charge < -0.3 is 14.5 Å². The number of benzene rings is 2. The van der Waals surface area contributed by atoms with E-state index in [-0.39, 0.29) is 29.4 Å². The minimum Gasteiger partial charge on any atom is -0.462 e. The Morgan fingerprint density at radius 1 is 1.17 bits per heavy atom. The predicted octanol–water partition coefficient (Wildman–Crippen LogP) is 4.95. The van der Waals surface area contributed by atoms with Gasteiger partial charge in [-0.25, -0.2) is 4.79 Å². The van der Waals surface area contributed by atoms with Crippen LogP contribution < -0.4 is 5.32 Å². The average Bonchev–Trinajstić information content (AvgIpc) is 3.15. The fraction of sp³-hybridized carbons (Fsp3) is 0.158. The second-order valence-electron chi connectivity index (χ2n) is 5.64. The molecule has 0 fully saturated rings. The van der Waals surface area contributed by atoms with Gasteiger partial charge in [-0.15, -0.1) is 10.2 Å². The van der Waals surface area contributed by atoms with Crippen molar-refractivity contribution in [1.29, 1.82) is 0 Å². The molecule has 3 aromatic rings. The number of ether oxygens (including phenoxy) is 1. The fourth-order valence-corrected chi connectivity index (χ4v) is 3.36. The van der Waals surface area contributed by atoms with Crippen LogP contribution in [0.3, 0.4) is 0 Å². The number of amides is 1. The lowest BCUT2D eigenvalue weighted by atomic mass is 10.2. The molecule has 3 rings (SSSR count). The zero-order valence-electron chi connectivity index (χ0n) is 15.1. The number of carbonyl (C=O) groups excluding carboxylic acids is 2. The van der Waals surface area contributed by atoms with Gasteiger partial charge in [-0.3, -0.25) is 4.79 Å². The van der Waals surface area contributed by atoms with Crippen LogP contribution >= 0.6 is 35.0 Å². The van der Waals surface area contributed by atoms with E-state index < -0.39 is 5.97 Å². The number of hydrogen-bond acceptors (Lipinski definition) is 7. The van der Waals surface area contributed by atoms with Gasteiger partial charge in [0, 0.05) is 10.7 Å². The molecule has 0 spiro atoms. The van der Waals surface area contributed by atoms with E-state index in [0.29, 0.717) is 26.9 Å². The van der Waals surface area contributed by atoms with E-state index in [1.807, 2.05) is 0 Å². The zero-order valence-corrected chi connectivity index (χ0v) is 17.5. The van der Waals surface area contributed by atoms with Gasteiger partial charge in [0.05, 0.1) is 28.5 Å². The van der Waals surface area contributed by atoms with Crippen LogP contribution in [0, 0.1) is 0 Å². The first-order chi connectivity index (χ1) is 14.0. The van der Waals surface area contributed by atoms with E-state index in [4.69, 9.17) is 32.4 Å². The summed E-state index contributed by atoms with van der Waals surface area (Å²) in [7, 11) is 0. The van der Waals surface area contributed by atoms with Gasteiger partial charge in [0.2, 0.25) is 11.8 Å². The standard InChI is InChI=1S/C19H15Cl2N3O4S/c1-2-27-18(26)11-4-3-5-13(8-11)22-16(25)10-29-19-24-23-17(28-19)14-7-6-12(20)9-15(14)21/h3-9H,2,10H2,1H3,(H,22,25). The minimum absolute atomic E-state index is 0.0413. The van der Waals surface area contributed by atoms with Crippen LogP contribution in [0.1, 0.15) is 17.3 Å². The highest BCUT2D eigenvalue weighted by atomic mass is 35.5. The monoisotopic (exact) mass is 451 g/mol. The average molecular weight is 452 g/mol. The van der Waals surface area contributed by atoms with Crippen LogP contribution in [-0.4, -0.2) is 34.4 Å². The Labute approximate surface area is 180 Å². The number of nitrogens with zero attached hydrogens (tertiary/aromatic N) is 2. The number of hydrogen-bond donors (Lipinski definition) is 1. The quantitative estimate of drug-likeness (QED) is 0.400. The second kappa shape index (κ2) is 9.78. The molecule has 7 nitrogen and oxygen atoms in total.